The first-order chi connectivity index (χ1) is 23.1. The normalized spacial score (nSPS) is 20.6. The summed E-state index contributed by atoms with van der Waals surface area (Å²) < 4.78 is 69.5. The Hall–Kier alpha value is -2.91. The van der Waals surface area contributed by atoms with Crippen molar-refractivity contribution in [1.29, 1.82) is 0 Å². The first kappa shape index (κ1) is 38.9. The molecule has 0 bridgehead atoms. The van der Waals surface area contributed by atoms with E-state index in [1.807, 2.05) is 13.8 Å². The summed E-state index contributed by atoms with van der Waals surface area (Å²) in [6.45, 7) is 5.55. The van der Waals surface area contributed by atoms with Crippen molar-refractivity contribution in [2.45, 2.75) is 68.1 Å². The molecule has 1 amide bonds. The Morgan fingerprint density at radius 2 is 1.57 bits per heavy atom. The number of amides is 1. The van der Waals surface area contributed by atoms with Gasteiger partial charge in [0.2, 0.25) is 10.0 Å². The maximum Gasteiger partial charge on any atom is 0.261 e. The van der Waals surface area contributed by atoms with Gasteiger partial charge in [-0.05, 0) is 99.8 Å². The number of benzene rings is 3. The minimum absolute atomic E-state index is 0.00776. The summed E-state index contributed by atoms with van der Waals surface area (Å²) in [5.74, 6) is -0.617. The first-order valence-corrected chi connectivity index (χ1v) is 19.6. The van der Waals surface area contributed by atoms with Gasteiger partial charge in [-0.25, -0.2) is 16.8 Å². The number of aliphatic hydroxyl groups is 1. The molecule has 0 saturated carbocycles. The zero-order chi connectivity index (χ0) is 35.9. The van der Waals surface area contributed by atoms with Crippen LogP contribution in [0.2, 0.25) is 10.0 Å². The molecule has 0 saturated heterocycles. The highest BCUT2D eigenvalue weighted by Gasteiger charge is 2.32. The van der Waals surface area contributed by atoms with Gasteiger partial charge in [-0.2, -0.15) is 4.31 Å². The van der Waals surface area contributed by atoms with E-state index in [-0.39, 0.29) is 52.6 Å². The van der Waals surface area contributed by atoms with Crippen LogP contribution in [0.4, 0.5) is 5.69 Å². The molecule has 49 heavy (non-hydrogen) atoms. The molecule has 3 aromatic carbocycles. The monoisotopic (exact) mass is 755 g/mol. The second kappa shape index (κ2) is 16.9. The molecule has 11 nitrogen and oxygen atoms in total. The summed E-state index contributed by atoms with van der Waals surface area (Å²) in [6, 6.07) is 15.5. The summed E-state index contributed by atoms with van der Waals surface area (Å²) in [5, 5.41) is 11.0. The molecule has 15 heteroatoms. The third kappa shape index (κ3) is 10.1. The number of aliphatic hydroxyl groups excluding tert-OH is 1. The van der Waals surface area contributed by atoms with Crippen LogP contribution in [0.1, 0.15) is 50.4 Å². The summed E-state index contributed by atoms with van der Waals surface area (Å²) in [6.07, 6.45) is 1.18. The zero-order valence-electron chi connectivity index (χ0n) is 27.9. The Bertz CT molecular complexity index is 1790. The Morgan fingerprint density at radius 3 is 2.18 bits per heavy atom. The number of likely N-dealkylation sites (N-methyl/N-ethyl adjacent to an activating group) is 1. The standard InChI is InChI=1S/C34H43Cl2N3O8S2/c1-23-20-39(24(2)22-40)34(41)31-19-28(37-48(42,43)29-13-8-26(35)9-14-29)12-17-32(31)47-25(3)7-5-6-18-46-33(23)21-38(4)49(44,45)30-15-10-27(36)11-16-30/h8-17,19,23-25,33,37,40H,5-7,18,20-22H2,1-4H3/t23-,24+,25+,33-/m0/s1. The zero-order valence-corrected chi connectivity index (χ0v) is 31.0. The quantitative estimate of drug-likeness (QED) is 0.275. The number of hydrogen-bond donors (Lipinski definition) is 2. The van der Waals surface area contributed by atoms with Crippen molar-refractivity contribution in [2.24, 2.45) is 5.92 Å². The van der Waals surface area contributed by atoms with Crippen LogP contribution in [0.5, 0.6) is 5.75 Å². The van der Waals surface area contributed by atoms with Gasteiger partial charge in [-0.3, -0.25) is 9.52 Å². The smallest absolute Gasteiger partial charge is 0.261 e. The van der Waals surface area contributed by atoms with Gasteiger partial charge in [0.25, 0.3) is 15.9 Å². The molecule has 0 radical (unpaired) electrons. The van der Waals surface area contributed by atoms with Crippen LogP contribution in [0.25, 0.3) is 0 Å². The third-order valence-electron chi connectivity index (χ3n) is 8.39. The fourth-order valence-electron chi connectivity index (χ4n) is 5.41. The van der Waals surface area contributed by atoms with Gasteiger partial charge >= 0.3 is 0 Å². The number of rotatable bonds is 9. The molecule has 1 aliphatic rings. The topological polar surface area (TPSA) is 143 Å². The molecule has 4 rings (SSSR count). The SMILES string of the molecule is C[C@@H]1CCCCO[C@@H](CN(C)S(=O)(=O)c2ccc(Cl)cc2)[C@@H](C)CN([C@H](C)CO)C(=O)c2cc(NS(=O)(=O)c3ccc(Cl)cc3)ccc2O1. The minimum atomic E-state index is -4.02. The number of carbonyl (C=O) groups is 1. The van der Waals surface area contributed by atoms with Crippen molar-refractivity contribution >= 4 is 54.8 Å². The molecule has 1 heterocycles. The molecule has 0 fully saturated rings. The number of nitrogens with zero attached hydrogens (tertiary/aromatic N) is 2. The van der Waals surface area contributed by atoms with E-state index >= 15 is 0 Å². The van der Waals surface area contributed by atoms with E-state index in [0.717, 1.165) is 6.42 Å². The average molecular weight is 757 g/mol. The van der Waals surface area contributed by atoms with Gasteiger partial charge in [0.05, 0.1) is 40.2 Å². The van der Waals surface area contributed by atoms with Crippen LogP contribution >= 0.6 is 23.2 Å². The van der Waals surface area contributed by atoms with Gasteiger partial charge in [-0.15, -0.1) is 0 Å². The van der Waals surface area contributed by atoms with Crippen molar-refractivity contribution in [3.8, 4) is 5.75 Å². The lowest BCUT2D eigenvalue weighted by atomic mass is 10.0. The molecule has 0 unspecified atom stereocenters. The highest BCUT2D eigenvalue weighted by molar-refractivity contribution is 7.92. The third-order valence-corrected chi connectivity index (χ3v) is 12.1. The van der Waals surface area contributed by atoms with Crippen molar-refractivity contribution < 1.29 is 36.2 Å². The molecular formula is C34H43Cl2N3O8S2. The maximum absolute atomic E-state index is 14.4. The molecule has 4 atom stereocenters. The van der Waals surface area contributed by atoms with Gasteiger partial charge in [-0.1, -0.05) is 30.1 Å². The van der Waals surface area contributed by atoms with E-state index in [0.29, 0.717) is 29.5 Å². The van der Waals surface area contributed by atoms with E-state index < -0.39 is 44.0 Å². The number of carbonyl (C=O) groups excluding carboxylic acids is 1. The summed E-state index contributed by atoms with van der Waals surface area (Å²) >= 11 is 11.9. The Morgan fingerprint density at radius 1 is 0.959 bits per heavy atom. The van der Waals surface area contributed by atoms with Gasteiger partial charge in [0.15, 0.2) is 0 Å². The van der Waals surface area contributed by atoms with Crippen molar-refractivity contribution in [3.63, 3.8) is 0 Å². The molecule has 1 aliphatic heterocycles. The molecule has 2 N–H and O–H groups in total. The molecule has 3 aromatic rings. The minimum Gasteiger partial charge on any atom is -0.490 e. The van der Waals surface area contributed by atoms with Crippen molar-refractivity contribution in [2.75, 3.05) is 38.1 Å². The highest BCUT2D eigenvalue weighted by atomic mass is 35.5. The van der Waals surface area contributed by atoms with Crippen molar-refractivity contribution in [3.05, 3.63) is 82.3 Å². The van der Waals surface area contributed by atoms with Gasteiger partial charge < -0.3 is 19.5 Å². The fraction of sp³-hybridized carbons (Fsp3) is 0.441. The second-order valence-corrected chi connectivity index (χ2v) is 16.9. The van der Waals surface area contributed by atoms with E-state index in [4.69, 9.17) is 32.7 Å². The van der Waals surface area contributed by atoms with Crippen LogP contribution in [-0.4, -0.2) is 88.7 Å². The van der Waals surface area contributed by atoms with Crippen LogP contribution in [0.3, 0.4) is 0 Å². The largest absolute Gasteiger partial charge is 0.490 e. The molecular weight excluding hydrogens is 713 g/mol. The molecule has 0 aromatic heterocycles. The molecule has 0 spiro atoms. The van der Waals surface area contributed by atoms with Gasteiger partial charge in [0.1, 0.15) is 5.75 Å². The second-order valence-electron chi connectivity index (χ2n) is 12.3. The lowest BCUT2D eigenvalue weighted by molar-refractivity contribution is -0.00833. The lowest BCUT2D eigenvalue weighted by Crippen LogP contribution is -2.48. The van der Waals surface area contributed by atoms with Crippen LogP contribution in [0.15, 0.2) is 76.5 Å². The first-order valence-electron chi connectivity index (χ1n) is 16.0. The highest BCUT2D eigenvalue weighted by Crippen LogP contribution is 2.30. The maximum atomic E-state index is 14.4. The number of nitrogens with one attached hydrogen (secondary N) is 1. The number of anilines is 1. The summed E-state index contributed by atoms with van der Waals surface area (Å²) in [7, 11) is -6.42. The average Bonchev–Trinajstić information content (AvgIpc) is 3.06. The van der Waals surface area contributed by atoms with Gasteiger partial charge in [0, 0.05) is 48.4 Å². The van der Waals surface area contributed by atoms with E-state index in [2.05, 4.69) is 4.72 Å². The van der Waals surface area contributed by atoms with E-state index in [1.165, 1.54) is 76.9 Å². The van der Waals surface area contributed by atoms with Crippen LogP contribution in [0, 0.1) is 5.92 Å². The van der Waals surface area contributed by atoms with E-state index in [1.54, 1.807) is 13.0 Å². The van der Waals surface area contributed by atoms with Crippen molar-refractivity contribution in [1.82, 2.24) is 9.21 Å². The number of halogens is 2. The molecule has 268 valence electrons. The summed E-state index contributed by atoms with van der Waals surface area (Å²) in [4.78, 5) is 15.9. The number of ether oxygens (including phenoxy) is 2. The number of sulfonamides is 2. The van der Waals surface area contributed by atoms with Crippen LogP contribution in [-0.2, 0) is 24.8 Å². The number of fused-ring (bicyclic) bond motifs is 1. The van der Waals surface area contributed by atoms with E-state index in [9.17, 15) is 26.7 Å². The summed E-state index contributed by atoms with van der Waals surface area (Å²) in [5.41, 5.74) is 0.243. The Kier molecular flexibility index (Phi) is 13.4. The fourth-order valence-corrected chi connectivity index (χ4v) is 7.90. The van der Waals surface area contributed by atoms with Crippen LogP contribution < -0.4 is 9.46 Å². The Labute approximate surface area is 299 Å². The lowest BCUT2D eigenvalue weighted by Gasteiger charge is -2.35. The Balaban J connectivity index is 1.67. The molecule has 0 aliphatic carbocycles. The predicted molar refractivity (Wildman–Crippen MR) is 190 cm³/mol. The number of hydrogen-bond acceptors (Lipinski definition) is 8. The predicted octanol–water partition coefficient (Wildman–Crippen LogP) is 5.91.